The molecule has 0 fully saturated rings. The van der Waals surface area contributed by atoms with Crippen LogP contribution in [0.4, 0.5) is 0 Å². The first kappa shape index (κ1) is 14.0. The minimum atomic E-state index is -0.934. The van der Waals surface area contributed by atoms with Gasteiger partial charge >= 0.3 is 0 Å². The summed E-state index contributed by atoms with van der Waals surface area (Å²) in [5.41, 5.74) is 0. The van der Waals surface area contributed by atoms with Crippen LogP contribution in [0.2, 0.25) is 5.02 Å². The second-order valence-corrected chi connectivity index (χ2v) is 4.79. The number of nitrogens with zero attached hydrogens (tertiary/aromatic N) is 2. The van der Waals surface area contributed by atoms with E-state index in [1.165, 1.54) is 6.20 Å². The van der Waals surface area contributed by atoms with Crippen molar-refractivity contribution in [1.82, 2.24) is 15.1 Å². The highest BCUT2D eigenvalue weighted by molar-refractivity contribution is 6.30. The van der Waals surface area contributed by atoms with Crippen molar-refractivity contribution in [2.75, 3.05) is 6.54 Å². The van der Waals surface area contributed by atoms with E-state index in [0.717, 1.165) is 0 Å². The Morgan fingerprint density at radius 3 is 2.88 bits per heavy atom. The third kappa shape index (κ3) is 5.19. The van der Waals surface area contributed by atoms with Gasteiger partial charge in [0.25, 0.3) is 0 Å². The molecule has 0 aliphatic heterocycles. The van der Waals surface area contributed by atoms with Crippen LogP contribution in [0.15, 0.2) is 12.4 Å². The van der Waals surface area contributed by atoms with Gasteiger partial charge in [0.15, 0.2) is 0 Å². The summed E-state index contributed by atoms with van der Waals surface area (Å²) in [7, 11) is 0. The largest absolute Gasteiger partial charge is 0.383 e. The summed E-state index contributed by atoms with van der Waals surface area (Å²) in [5.74, 6) is -0.0439. The summed E-state index contributed by atoms with van der Waals surface area (Å²) in [5, 5.41) is 16.7. The maximum atomic E-state index is 11.5. The van der Waals surface area contributed by atoms with Crippen molar-refractivity contribution in [2.45, 2.75) is 32.9 Å². The third-order valence-corrected chi connectivity index (χ3v) is 2.43. The fraction of sp³-hybridized carbons (Fsp3) is 0.636. The fourth-order valence-corrected chi connectivity index (χ4v) is 1.58. The van der Waals surface area contributed by atoms with Crippen LogP contribution in [-0.4, -0.2) is 33.4 Å². The van der Waals surface area contributed by atoms with Crippen molar-refractivity contribution >= 4 is 17.5 Å². The minimum absolute atomic E-state index is 0.292. The molecule has 1 aromatic heterocycles. The van der Waals surface area contributed by atoms with Gasteiger partial charge in [-0.25, -0.2) is 0 Å². The second-order valence-electron chi connectivity index (χ2n) is 4.36. The van der Waals surface area contributed by atoms with Gasteiger partial charge in [0.1, 0.15) is 6.10 Å². The average molecular weight is 260 g/mol. The lowest BCUT2D eigenvalue weighted by Gasteiger charge is -2.13. The standard InChI is InChI=1S/C11H18ClN3O2/c1-8(2)5-10(16)11(17)13-3-4-15-7-9(12)6-14-15/h6-8,10,16H,3-5H2,1-2H3,(H,13,17). The van der Waals surface area contributed by atoms with Crippen LogP contribution in [0.5, 0.6) is 0 Å². The number of aliphatic hydroxyl groups is 1. The van der Waals surface area contributed by atoms with Crippen LogP contribution in [0.25, 0.3) is 0 Å². The maximum absolute atomic E-state index is 11.5. The Kier molecular flexibility index (Phi) is 5.44. The number of carbonyl (C=O) groups is 1. The second kappa shape index (κ2) is 6.61. The van der Waals surface area contributed by atoms with Crippen molar-refractivity contribution in [1.29, 1.82) is 0 Å². The predicted octanol–water partition coefficient (Wildman–Crippen LogP) is 1.06. The Balaban J connectivity index is 2.24. The molecular formula is C11H18ClN3O2. The Morgan fingerprint density at radius 2 is 2.35 bits per heavy atom. The van der Waals surface area contributed by atoms with Gasteiger partial charge in [-0.1, -0.05) is 25.4 Å². The fourth-order valence-electron chi connectivity index (χ4n) is 1.43. The van der Waals surface area contributed by atoms with Crippen molar-refractivity contribution < 1.29 is 9.90 Å². The zero-order chi connectivity index (χ0) is 12.8. The molecule has 1 unspecified atom stereocenters. The number of aliphatic hydroxyl groups excluding tert-OH is 1. The molecule has 2 N–H and O–H groups in total. The van der Waals surface area contributed by atoms with E-state index in [-0.39, 0.29) is 5.91 Å². The monoisotopic (exact) mass is 259 g/mol. The van der Waals surface area contributed by atoms with Crippen LogP contribution in [-0.2, 0) is 11.3 Å². The molecule has 0 bridgehead atoms. The molecule has 0 aromatic carbocycles. The minimum Gasteiger partial charge on any atom is -0.383 e. The number of aromatic nitrogens is 2. The number of nitrogens with one attached hydrogen (secondary N) is 1. The van der Waals surface area contributed by atoms with Crippen molar-refractivity contribution in [3.63, 3.8) is 0 Å². The van der Waals surface area contributed by atoms with E-state index in [1.54, 1.807) is 10.9 Å². The Labute approximate surface area is 106 Å². The van der Waals surface area contributed by atoms with Crippen LogP contribution in [0, 0.1) is 5.92 Å². The quantitative estimate of drug-likeness (QED) is 0.803. The number of carbonyl (C=O) groups excluding carboxylic acids is 1. The molecule has 0 saturated carbocycles. The van der Waals surface area contributed by atoms with Gasteiger partial charge in [-0.3, -0.25) is 9.48 Å². The van der Waals surface area contributed by atoms with Crippen LogP contribution in [0.3, 0.4) is 0 Å². The van der Waals surface area contributed by atoms with E-state index in [9.17, 15) is 9.90 Å². The van der Waals surface area contributed by atoms with E-state index in [0.29, 0.717) is 30.5 Å². The van der Waals surface area contributed by atoms with E-state index >= 15 is 0 Å². The van der Waals surface area contributed by atoms with Crippen LogP contribution < -0.4 is 5.32 Å². The SMILES string of the molecule is CC(C)CC(O)C(=O)NCCn1cc(Cl)cn1. The van der Waals surface area contributed by atoms with Gasteiger partial charge < -0.3 is 10.4 Å². The topological polar surface area (TPSA) is 67.2 Å². The molecule has 5 nitrogen and oxygen atoms in total. The molecule has 96 valence electrons. The van der Waals surface area contributed by atoms with Crippen molar-refractivity contribution in [3.8, 4) is 0 Å². The summed E-state index contributed by atoms with van der Waals surface area (Å²) in [4.78, 5) is 11.5. The highest BCUT2D eigenvalue weighted by atomic mass is 35.5. The molecular weight excluding hydrogens is 242 g/mol. The average Bonchev–Trinajstić information content (AvgIpc) is 2.63. The van der Waals surface area contributed by atoms with Gasteiger partial charge in [-0.2, -0.15) is 5.10 Å². The lowest BCUT2D eigenvalue weighted by atomic mass is 10.1. The Hall–Kier alpha value is -1.07. The maximum Gasteiger partial charge on any atom is 0.248 e. The predicted molar refractivity (Wildman–Crippen MR) is 65.7 cm³/mol. The van der Waals surface area contributed by atoms with Crippen LogP contribution in [0.1, 0.15) is 20.3 Å². The summed E-state index contributed by atoms with van der Waals surface area (Å²) >= 11 is 5.70. The molecule has 0 aliphatic rings. The van der Waals surface area contributed by atoms with E-state index in [1.807, 2.05) is 13.8 Å². The molecule has 0 spiro atoms. The molecule has 17 heavy (non-hydrogen) atoms. The number of halogens is 1. The number of rotatable bonds is 6. The molecule has 1 atom stereocenters. The van der Waals surface area contributed by atoms with Crippen LogP contribution >= 0.6 is 11.6 Å². The Morgan fingerprint density at radius 1 is 1.65 bits per heavy atom. The first-order valence-electron chi connectivity index (χ1n) is 5.62. The molecule has 1 heterocycles. The molecule has 1 aromatic rings. The van der Waals surface area contributed by atoms with Gasteiger partial charge in [-0.05, 0) is 12.3 Å². The van der Waals surface area contributed by atoms with E-state index < -0.39 is 6.10 Å². The van der Waals surface area contributed by atoms with Gasteiger partial charge in [-0.15, -0.1) is 0 Å². The molecule has 0 aliphatic carbocycles. The van der Waals surface area contributed by atoms with E-state index in [4.69, 9.17) is 11.6 Å². The highest BCUT2D eigenvalue weighted by Crippen LogP contribution is 2.05. The first-order chi connectivity index (χ1) is 7.99. The highest BCUT2D eigenvalue weighted by Gasteiger charge is 2.15. The van der Waals surface area contributed by atoms with Gasteiger partial charge in [0, 0.05) is 12.7 Å². The third-order valence-electron chi connectivity index (χ3n) is 2.24. The first-order valence-corrected chi connectivity index (χ1v) is 6.00. The molecule has 0 saturated heterocycles. The Bertz CT molecular complexity index is 365. The summed E-state index contributed by atoms with van der Waals surface area (Å²) < 4.78 is 1.64. The van der Waals surface area contributed by atoms with Gasteiger partial charge in [0.2, 0.25) is 5.91 Å². The molecule has 0 radical (unpaired) electrons. The number of hydrogen-bond donors (Lipinski definition) is 2. The lowest BCUT2D eigenvalue weighted by Crippen LogP contribution is -2.37. The number of hydrogen-bond acceptors (Lipinski definition) is 3. The zero-order valence-corrected chi connectivity index (χ0v) is 10.8. The molecule has 6 heteroatoms. The zero-order valence-electron chi connectivity index (χ0n) is 10.1. The van der Waals surface area contributed by atoms with Crippen molar-refractivity contribution in [2.24, 2.45) is 5.92 Å². The smallest absolute Gasteiger partial charge is 0.248 e. The lowest BCUT2D eigenvalue weighted by molar-refractivity contribution is -0.130. The summed E-state index contributed by atoms with van der Waals surface area (Å²) in [6.07, 6.45) is 2.76. The van der Waals surface area contributed by atoms with Crippen molar-refractivity contribution in [3.05, 3.63) is 17.4 Å². The van der Waals surface area contributed by atoms with E-state index in [2.05, 4.69) is 10.4 Å². The summed E-state index contributed by atoms with van der Waals surface area (Å²) in [6.45, 7) is 4.88. The summed E-state index contributed by atoms with van der Waals surface area (Å²) in [6, 6.07) is 0. The normalized spacial score (nSPS) is 12.8. The molecule has 1 rings (SSSR count). The number of amides is 1. The van der Waals surface area contributed by atoms with Gasteiger partial charge in [0.05, 0.1) is 17.8 Å². The molecule has 1 amide bonds.